The summed E-state index contributed by atoms with van der Waals surface area (Å²) < 4.78 is 2.24. The van der Waals surface area contributed by atoms with Crippen molar-refractivity contribution in [3.05, 3.63) is 54.2 Å². The molecule has 3 N–H and O–H groups in total. The smallest absolute Gasteiger partial charge is 0.329 e. The van der Waals surface area contributed by atoms with E-state index in [1.807, 2.05) is 25.1 Å². The maximum absolute atomic E-state index is 12.0. The molecule has 6 nitrogen and oxygen atoms in total. The average Bonchev–Trinajstić information content (AvgIpc) is 2.46. The van der Waals surface area contributed by atoms with Crippen molar-refractivity contribution in [1.29, 1.82) is 0 Å². The summed E-state index contributed by atoms with van der Waals surface area (Å²) in [5, 5.41) is 11.8. The Morgan fingerprint density at radius 3 is 2.68 bits per heavy atom. The Hall–Kier alpha value is -1.61. The number of nitrogens with zero attached hydrogens (tertiary/aromatic N) is 1. The summed E-state index contributed by atoms with van der Waals surface area (Å²) in [6.07, 6.45) is 1.15. The van der Waals surface area contributed by atoms with Gasteiger partial charge in [-0.3, -0.25) is 14.3 Å². The number of unbranched alkanes of at least 4 members (excludes halogenated alkanes) is 1. The van der Waals surface area contributed by atoms with E-state index in [2.05, 4.69) is 32.9 Å². The van der Waals surface area contributed by atoms with Crippen LogP contribution in [0.3, 0.4) is 0 Å². The zero-order chi connectivity index (χ0) is 16.1. The number of hydrogen-bond donors (Lipinski definition) is 3. The molecule has 2 aromatic rings. The van der Waals surface area contributed by atoms with Crippen LogP contribution in [0.5, 0.6) is 0 Å². The third-order valence-electron chi connectivity index (χ3n) is 3.26. The lowest BCUT2D eigenvalue weighted by Crippen LogP contribution is -2.35. The fourth-order valence-corrected chi connectivity index (χ4v) is 2.52. The molecule has 0 amide bonds. The number of hydrogen-bond acceptors (Lipinski definition) is 4. The summed E-state index contributed by atoms with van der Waals surface area (Å²) in [5.41, 5.74) is 1.17. The summed E-state index contributed by atoms with van der Waals surface area (Å²) in [7, 11) is 0. The van der Waals surface area contributed by atoms with Crippen LogP contribution in [0.4, 0.5) is 11.5 Å². The molecule has 0 atom stereocenters. The van der Waals surface area contributed by atoms with Gasteiger partial charge in [-0.15, -0.1) is 0 Å². The number of aromatic amines is 1. The molecule has 118 valence electrons. The zero-order valence-corrected chi connectivity index (χ0v) is 14.4. The maximum atomic E-state index is 12.0. The molecule has 0 radical (unpaired) electrons. The standard InChI is InChI=1S/C15H18IN3O3/c1-10-4-5-11(8-12(10)16)17-13-9-14(21)19(15(22)18-13)6-2-3-7-20/h4-5,8-9,17,20H,2-3,6-7H2,1H3,(H,18,22). The molecule has 1 aromatic heterocycles. The van der Waals surface area contributed by atoms with Crippen LogP contribution in [-0.4, -0.2) is 21.3 Å². The van der Waals surface area contributed by atoms with Crippen LogP contribution >= 0.6 is 22.6 Å². The Morgan fingerprint density at radius 2 is 2.05 bits per heavy atom. The van der Waals surface area contributed by atoms with E-state index < -0.39 is 5.69 Å². The molecular weight excluding hydrogens is 397 g/mol. The highest BCUT2D eigenvalue weighted by atomic mass is 127. The monoisotopic (exact) mass is 415 g/mol. The quantitative estimate of drug-likeness (QED) is 0.498. The Balaban J connectivity index is 2.21. The number of anilines is 2. The van der Waals surface area contributed by atoms with Crippen molar-refractivity contribution in [2.24, 2.45) is 0 Å². The molecule has 1 heterocycles. The summed E-state index contributed by atoms with van der Waals surface area (Å²) in [6, 6.07) is 7.18. The normalized spacial score (nSPS) is 10.7. The number of H-pyrrole nitrogens is 1. The molecule has 0 spiro atoms. The Labute approximate surface area is 141 Å². The second-order valence-corrected chi connectivity index (χ2v) is 6.16. The molecule has 0 unspecified atom stereocenters. The van der Waals surface area contributed by atoms with Crippen LogP contribution in [0.2, 0.25) is 0 Å². The van der Waals surface area contributed by atoms with Gasteiger partial charge in [0.15, 0.2) is 0 Å². The van der Waals surface area contributed by atoms with Gasteiger partial charge in [0.25, 0.3) is 5.56 Å². The number of halogens is 1. The number of benzene rings is 1. The minimum atomic E-state index is -0.449. The summed E-state index contributed by atoms with van der Waals surface area (Å²) >= 11 is 2.23. The molecule has 22 heavy (non-hydrogen) atoms. The van der Waals surface area contributed by atoms with Crippen molar-refractivity contribution in [1.82, 2.24) is 9.55 Å². The zero-order valence-electron chi connectivity index (χ0n) is 12.2. The lowest BCUT2D eigenvalue weighted by atomic mass is 10.2. The van der Waals surface area contributed by atoms with E-state index >= 15 is 0 Å². The van der Waals surface area contributed by atoms with E-state index in [0.29, 0.717) is 25.2 Å². The first-order chi connectivity index (χ1) is 10.5. The van der Waals surface area contributed by atoms with Crippen LogP contribution in [-0.2, 0) is 6.54 Å². The van der Waals surface area contributed by atoms with Crippen LogP contribution < -0.4 is 16.6 Å². The molecule has 0 fully saturated rings. The summed E-state index contributed by atoms with van der Waals surface area (Å²) in [5.74, 6) is 0.369. The molecule has 7 heteroatoms. The van der Waals surface area contributed by atoms with Gasteiger partial charge < -0.3 is 10.4 Å². The van der Waals surface area contributed by atoms with Gasteiger partial charge in [-0.05, 0) is 60.1 Å². The van der Waals surface area contributed by atoms with Gasteiger partial charge in [-0.25, -0.2) is 4.79 Å². The Kier molecular flexibility index (Phi) is 5.78. The highest BCUT2D eigenvalue weighted by Crippen LogP contribution is 2.19. The Morgan fingerprint density at radius 1 is 1.27 bits per heavy atom. The highest BCUT2D eigenvalue weighted by Gasteiger charge is 2.05. The molecule has 0 bridgehead atoms. The predicted molar refractivity (Wildman–Crippen MR) is 94.8 cm³/mol. The van der Waals surface area contributed by atoms with E-state index in [9.17, 15) is 9.59 Å². The van der Waals surface area contributed by atoms with Crippen LogP contribution in [0.25, 0.3) is 0 Å². The van der Waals surface area contributed by atoms with E-state index in [-0.39, 0.29) is 12.2 Å². The number of aliphatic hydroxyl groups excluding tert-OH is 1. The topological polar surface area (TPSA) is 87.1 Å². The molecule has 0 aliphatic rings. The van der Waals surface area contributed by atoms with Crippen molar-refractivity contribution in [2.75, 3.05) is 11.9 Å². The van der Waals surface area contributed by atoms with Crippen LogP contribution in [0.1, 0.15) is 18.4 Å². The van der Waals surface area contributed by atoms with Crippen LogP contribution in [0, 0.1) is 10.5 Å². The molecular formula is C15H18IN3O3. The number of rotatable bonds is 6. The minimum Gasteiger partial charge on any atom is -0.396 e. The molecule has 1 aromatic carbocycles. The van der Waals surface area contributed by atoms with E-state index in [1.165, 1.54) is 11.6 Å². The van der Waals surface area contributed by atoms with Gasteiger partial charge in [0, 0.05) is 28.5 Å². The van der Waals surface area contributed by atoms with Gasteiger partial charge in [-0.1, -0.05) is 6.07 Å². The average molecular weight is 415 g/mol. The fourth-order valence-electron chi connectivity index (χ4n) is 2.01. The van der Waals surface area contributed by atoms with Crippen molar-refractivity contribution in [3.8, 4) is 0 Å². The first kappa shape index (κ1) is 16.8. The van der Waals surface area contributed by atoms with Crippen LogP contribution in [0.15, 0.2) is 33.9 Å². The second-order valence-electron chi connectivity index (χ2n) is 5.00. The SMILES string of the molecule is Cc1ccc(Nc2cc(=O)n(CCCCO)c(=O)[nH]2)cc1I. The van der Waals surface area contributed by atoms with E-state index in [0.717, 1.165) is 13.8 Å². The third kappa shape index (κ3) is 4.20. The number of nitrogens with one attached hydrogen (secondary N) is 2. The van der Waals surface area contributed by atoms with Gasteiger partial charge in [0.1, 0.15) is 5.82 Å². The second kappa shape index (κ2) is 7.59. The van der Waals surface area contributed by atoms with Crippen molar-refractivity contribution in [2.45, 2.75) is 26.3 Å². The van der Waals surface area contributed by atoms with Gasteiger partial charge >= 0.3 is 5.69 Å². The third-order valence-corrected chi connectivity index (χ3v) is 4.42. The maximum Gasteiger partial charge on any atom is 0.329 e. The number of aromatic nitrogens is 2. The number of aryl methyl sites for hydroxylation is 1. The fraction of sp³-hybridized carbons (Fsp3) is 0.333. The van der Waals surface area contributed by atoms with E-state index in [1.54, 1.807) is 0 Å². The Bertz CT molecular complexity index is 736. The molecule has 0 aliphatic heterocycles. The first-order valence-electron chi connectivity index (χ1n) is 6.99. The molecule has 0 aliphatic carbocycles. The van der Waals surface area contributed by atoms with E-state index in [4.69, 9.17) is 5.11 Å². The predicted octanol–water partition coefficient (Wildman–Crippen LogP) is 1.97. The summed E-state index contributed by atoms with van der Waals surface area (Å²) in [4.78, 5) is 26.6. The molecule has 0 saturated carbocycles. The number of aliphatic hydroxyl groups is 1. The van der Waals surface area contributed by atoms with Crippen molar-refractivity contribution < 1.29 is 5.11 Å². The van der Waals surface area contributed by atoms with Gasteiger partial charge in [-0.2, -0.15) is 0 Å². The van der Waals surface area contributed by atoms with Crippen molar-refractivity contribution in [3.63, 3.8) is 0 Å². The lowest BCUT2D eigenvalue weighted by molar-refractivity contribution is 0.280. The lowest BCUT2D eigenvalue weighted by Gasteiger charge is -2.09. The van der Waals surface area contributed by atoms with Gasteiger partial charge in [0.2, 0.25) is 0 Å². The largest absolute Gasteiger partial charge is 0.396 e. The summed E-state index contributed by atoms with van der Waals surface area (Å²) in [6.45, 7) is 2.37. The minimum absolute atomic E-state index is 0.0539. The van der Waals surface area contributed by atoms with Gasteiger partial charge in [0.05, 0.1) is 0 Å². The molecule has 0 saturated heterocycles. The first-order valence-corrected chi connectivity index (χ1v) is 8.07. The molecule has 2 rings (SSSR count). The van der Waals surface area contributed by atoms with Crippen molar-refractivity contribution >= 4 is 34.1 Å². The highest BCUT2D eigenvalue weighted by molar-refractivity contribution is 14.1.